The topological polar surface area (TPSA) is 45.2 Å². The lowest BCUT2D eigenvalue weighted by Crippen LogP contribution is -2.34. The first-order valence-electron chi connectivity index (χ1n) is 5.09. The van der Waals surface area contributed by atoms with Crippen LogP contribution >= 0.6 is 0 Å². The fourth-order valence-electron chi connectivity index (χ4n) is 1.43. The average molecular weight is 225 g/mol. The van der Waals surface area contributed by atoms with E-state index in [0.717, 1.165) is 6.20 Å². The van der Waals surface area contributed by atoms with Crippen LogP contribution in [0, 0.1) is 11.7 Å². The average Bonchev–Trinajstić information content (AvgIpc) is 2.28. The predicted molar refractivity (Wildman–Crippen MR) is 60.7 cm³/mol. The van der Waals surface area contributed by atoms with Crippen LogP contribution < -0.4 is 10.2 Å². The van der Waals surface area contributed by atoms with Gasteiger partial charge in [0.1, 0.15) is 11.6 Å². The van der Waals surface area contributed by atoms with Gasteiger partial charge in [0.15, 0.2) is 0 Å². The zero-order valence-corrected chi connectivity index (χ0v) is 9.70. The summed E-state index contributed by atoms with van der Waals surface area (Å²) >= 11 is 0. The van der Waals surface area contributed by atoms with E-state index in [4.69, 9.17) is 0 Å². The third-order valence-corrected chi connectivity index (χ3v) is 2.34. The second-order valence-corrected chi connectivity index (χ2v) is 3.73. The van der Waals surface area contributed by atoms with E-state index in [1.54, 1.807) is 13.1 Å². The van der Waals surface area contributed by atoms with Crippen molar-refractivity contribution in [2.45, 2.75) is 6.92 Å². The van der Waals surface area contributed by atoms with Crippen molar-refractivity contribution in [3.05, 3.63) is 24.1 Å². The van der Waals surface area contributed by atoms with Gasteiger partial charge in [0, 0.05) is 20.6 Å². The van der Waals surface area contributed by atoms with E-state index in [1.165, 1.54) is 6.07 Å². The zero-order valence-electron chi connectivity index (χ0n) is 9.70. The van der Waals surface area contributed by atoms with E-state index in [9.17, 15) is 9.18 Å². The lowest BCUT2D eigenvalue weighted by atomic mass is 10.1. The number of carbonyl (C=O) groups is 1. The normalized spacial score (nSPS) is 12.0. The quantitative estimate of drug-likeness (QED) is 0.832. The highest BCUT2D eigenvalue weighted by Crippen LogP contribution is 2.10. The smallest absolute Gasteiger partial charge is 0.224 e. The van der Waals surface area contributed by atoms with Gasteiger partial charge in [-0.25, -0.2) is 9.37 Å². The maximum Gasteiger partial charge on any atom is 0.224 e. The molecular formula is C11H16FN3O. The van der Waals surface area contributed by atoms with Crippen LogP contribution in [-0.2, 0) is 4.79 Å². The summed E-state index contributed by atoms with van der Waals surface area (Å²) in [5.74, 6) is 0.129. The molecule has 88 valence electrons. The molecule has 1 rings (SSSR count). The highest BCUT2D eigenvalue weighted by Gasteiger charge is 2.14. The number of nitrogens with one attached hydrogen (secondary N) is 1. The Bertz CT molecular complexity index is 353. The third-order valence-electron chi connectivity index (χ3n) is 2.34. The number of pyridine rings is 1. The number of halogens is 1. The molecule has 0 spiro atoms. The van der Waals surface area contributed by atoms with Crippen LogP contribution in [0.25, 0.3) is 0 Å². The van der Waals surface area contributed by atoms with Crippen molar-refractivity contribution in [3.63, 3.8) is 0 Å². The van der Waals surface area contributed by atoms with Gasteiger partial charge in [0.25, 0.3) is 0 Å². The molecule has 5 heteroatoms. The van der Waals surface area contributed by atoms with Gasteiger partial charge in [0.2, 0.25) is 5.91 Å². The van der Waals surface area contributed by atoms with Gasteiger partial charge in [-0.2, -0.15) is 0 Å². The number of hydrogen-bond acceptors (Lipinski definition) is 3. The van der Waals surface area contributed by atoms with Gasteiger partial charge in [-0.05, 0) is 12.1 Å². The van der Waals surface area contributed by atoms with E-state index in [2.05, 4.69) is 10.3 Å². The number of anilines is 1. The Labute approximate surface area is 94.5 Å². The van der Waals surface area contributed by atoms with Crippen LogP contribution in [0.15, 0.2) is 18.3 Å². The van der Waals surface area contributed by atoms with Crippen molar-refractivity contribution in [2.75, 3.05) is 25.5 Å². The monoisotopic (exact) mass is 225 g/mol. The highest BCUT2D eigenvalue weighted by atomic mass is 19.1. The number of amides is 1. The maximum atomic E-state index is 12.7. The zero-order chi connectivity index (χ0) is 12.1. The first kappa shape index (κ1) is 12.4. The molecule has 1 amide bonds. The number of aromatic nitrogens is 1. The number of rotatable bonds is 4. The molecule has 0 saturated heterocycles. The molecule has 0 radical (unpaired) electrons. The summed E-state index contributed by atoms with van der Waals surface area (Å²) in [6, 6.07) is 2.94. The molecule has 1 aromatic heterocycles. The Hall–Kier alpha value is -1.65. The van der Waals surface area contributed by atoms with Crippen molar-refractivity contribution in [1.82, 2.24) is 10.3 Å². The molecule has 1 atom stereocenters. The standard InChI is InChI=1S/C11H16FN3O/c1-8(11(16)13-2)7-15(3)10-5-4-9(12)6-14-10/h4-6,8H,7H2,1-3H3,(H,13,16). The van der Waals surface area contributed by atoms with Gasteiger partial charge in [-0.3, -0.25) is 4.79 Å². The molecule has 0 aliphatic rings. The molecular weight excluding hydrogens is 209 g/mol. The minimum Gasteiger partial charge on any atom is -0.359 e. The van der Waals surface area contributed by atoms with Crippen molar-refractivity contribution >= 4 is 11.7 Å². The summed E-state index contributed by atoms with van der Waals surface area (Å²) in [5.41, 5.74) is 0. The minimum absolute atomic E-state index is 0.0195. The van der Waals surface area contributed by atoms with Gasteiger partial charge < -0.3 is 10.2 Å². The van der Waals surface area contributed by atoms with E-state index >= 15 is 0 Å². The highest BCUT2D eigenvalue weighted by molar-refractivity contribution is 5.78. The fraction of sp³-hybridized carbons (Fsp3) is 0.455. The first-order valence-corrected chi connectivity index (χ1v) is 5.09. The van der Waals surface area contributed by atoms with E-state index in [-0.39, 0.29) is 17.6 Å². The van der Waals surface area contributed by atoms with Crippen LogP contribution in [0.4, 0.5) is 10.2 Å². The minimum atomic E-state index is -0.364. The predicted octanol–water partition coefficient (Wildman–Crippen LogP) is 1.04. The Morgan fingerprint density at radius 3 is 2.81 bits per heavy atom. The maximum absolute atomic E-state index is 12.7. The summed E-state index contributed by atoms with van der Waals surface area (Å²) in [5, 5.41) is 2.58. The summed E-state index contributed by atoms with van der Waals surface area (Å²) in [7, 11) is 3.43. The Balaban J connectivity index is 2.61. The summed E-state index contributed by atoms with van der Waals surface area (Å²) < 4.78 is 12.7. The van der Waals surface area contributed by atoms with Crippen molar-refractivity contribution < 1.29 is 9.18 Å². The molecule has 1 unspecified atom stereocenters. The largest absolute Gasteiger partial charge is 0.359 e. The molecule has 1 N–H and O–H groups in total. The van der Waals surface area contributed by atoms with E-state index < -0.39 is 0 Å². The lowest BCUT2D eigenvalue weighted by molar-refractivity contribution is -0.123. The molecule has 0 aliphatic carbocycles. The van der Waals surface area contributed by atoms with Crippen LogP contribution in [-0.4, -0.2) is 31.5 Å². The number of nitrogens with zero attached hydrogens (tertiary/aromatic N) is 2. The fourth-order valence-corrected chi connectivity index (χ4v) is 1.43. The number of carbonyl (C=O) groups excluding carboxylic acids is 1. The molecule has 0 fully saturated rings. The van der Waals surface area contributed by atoms with Crippen LogP contribution in [0.3, 0.4) is 0 Å². The number of hydrogen-bond donors (Lipinski definition) is 1. The Morgan fingerprint density at radius 2 is 2.31 bits per heavy atom. The second-order valence-electron chi connectivity index (χ2n) is 3.73. The van der Waals surface area contributed by atoms with Gasteiger partial charge >= 0.3 is 0 Å². The van der Waals surface area contributed by atoms with Gasteiger partial charge in [-0.1, -0.05) is 6.92 Å². The van der Waals surface area contributed by atoms with E-state index in [0.29, 0.717) is 12.4 Å². The molecule has 0 saturated carbocycles. The molecule has 16 heavy (non-hydrogen) atoms. The SMILES string of the molecule is CNC(=O)C(C)CN(C)c1ccc(F)cn1. The summed E-state index contributed by atoms with van der Waals surface area (Å²) in [6.07, 6.45) is 1.16. The summed E-state index contributed by atoms with van der Waals surface area (Å²) in [6.45, 7) is 2.37. The molecule has 0 aliphatic heterocycles. The van der Waals surface area contributed by atoms with E-state index in [1.807, 2.05) is 18.9 Å². The van der Waals surface area contributed by atoms with Crippen LogP contribution in [0.2, 0.25) is 0 Å². The molecule has 4 nitrogen and oxygen atoms in total. The summed E-state index contributed by atoms with van der Waals surface area (Å²) in [4.78, 5) is 17.1. The van der Waals surface area contributed by atoms with Gasteiger partial charge in [-0.15, -0.1) is 0 Å². The second kappa shape index (κ2) is 5.44. The molecule has 0 bridgehead atoms. The van der Waals surface area contributed by atoms with Gasteiger partial charge in [0.05, 0.1) is 12.1 Å². The molecule has 0 aromatic carbocycles. The molecule has 1 aromatic rings. The Kier molecular flexibility index (Phi) is 4.22. The first-order chi connectivity index (χ1) is 7.54. The molecule has 1 heterocycles. The third kappa shape index (κ3) is 3.18. The van der Waals surface area contributed by atoms with Crippen LogP contribution in [0.1, 0.15) is 6.92 Å². The van der Waals surface area contributed by atoms with Crippen molar-refractivity contribution in [2.24, 2.45) is 5.92 Å². The van der Waals surface area contributed by atoms with Crippen molar-refractivity contribution in [1.29, 1.82) is 0 Å². The lowest BCUT2D eigenvalue weighted by Gasteiger charge is -2.21. The Morgan fingerprint density at radius 1 is 1.62 bits per heavy atom. The van der Waals surface area contributed by atoms with Crippen LogP contribution in [0.5, 0.6) is 0 Å². The van der Waals surface area contributed by atoms with Crippen molar-refractivity contribution in [3.8, 4) is 0 Å².